The van der Waals surface area contributed by atoms with Crippen molar-refractivity contribution in [2.24, 2.45) is 0 Å². The van der Waals surface area contributed by atoms with Crippen molar-refractivity contribution in [3.63, 3.8) is 0 Å². The van der Waals surface area contributed by atoms with Crippen molar-refractivity contribution in [1.82, 2.24) is 10.2 Å². The Bertz CT molecular complexity index is 768. The second-order valence-corrected chi connectivity index (χ2v) is 6.54. The van der Waals surface area contributed by atoms with E-state index in [0.717, 1.165) is 37.2 Å². The van der Waals surface area contributed by atoms with E-state index in [0.29, 0.717) is 18.9 Å². The predicted octanol–water partition coefficient (Wildman–Crippen LogP) is 2.50. The van der Waals surface area contributed by atoms with Crippen LogP contribution in [0.15, 0.2) is 48.5 Å². The molecular formula is C20H25N3O4. The van der Waals surface area contributed by atoms with Crippen molar-refractivity contribution in [2.45, 2.75) is 19.1 Å². The molecule has 1 atom stereocenters. The van der Waals surface area contributed by atoms with E-state index in [-0.39, 0.29) is 23.3 Å². The molecule has 7 nitrogen and oxygen atoms in total. The Balaban J connectivity index is 1.61. The first kappa shape index (κ1) is 19.3. The molecule has 0 radical (unpaired) electrons. The number of hydrogen-bond donors (Lipinski definition) is 2. The average Bonchev–Trinajstić information content (AvgIpc) is 2.71. The minimum absolute atomic E-state index is 0.0231. The number of hydrogen-bond acceptors (Lipinski definition) is 6. The van der Waals surface area contributed by atoms with E-state index in [4.69, 9.17) is 4.74 Å². The summed E-state index contributed by atoms with van der Waals surface area (Å²) >= 11 is 0. The lowest BCUT2D eigenvalue weighted by Crippen LogP contribution is -2.46. The molecule has 7 heteroatoms. The zero-order chi connectivity index (χ0) is 19.1. The number of benzene rings is 2. The highest BCUT2D eigenvalue weighted by Crippen LogP contribution is 2.30. The highest BCUT2D eigenvalue weighted by Gasteiger charge is 2.28. The van der Waals surface area contributed by atoms with Crippen LogP contribution in [0.1, 0.15) is 23.6 Å². The summed E-state index contributed by atoms with van der Waals surface area (Å²) in [4.78, 5) is 13.3. The van der Waals surface area contributed by atoms with E-state index in [1.165, 1.54) is 0 Å². The third-order valence-electron chi connectivity index (χ3n) is 4.84. The van der Waals surface area contributed by atoms with Crippen molar-refractivity contribution in [1.29, 1.82) is 0 Å². The monoisotopic (exact) mass is 371 g/mol. The van der Waals surface area contributed by atoms with Crippen molar-refractivity contribution in [3.05, 3.63) is 69.8 Å². The molecule has 1 heterocycles. The SMILES string of the molecule is O=[N+]([O-])c1ccccc1C1CNCCN1CCCOc1ccccc1CO. The zero-order valence-electron chi connectivity index (χ0n) is 15.2. The molecule has 144 valence electrons. The lowest BCUT2D eigenvalue weighted by atomic mass is 10.0. The molecule has 0 spiro atoms. The molecule has 0 aromatic heterocycles. The number of piperazine rings is 1. The van der Waals surface area contributed by atoms with Gasteiger partial charge in [0.2, 0.25) is 0 Å². The maximum atomic E-state index is 11.4. The van der Waals surface area contributed by atoms with Gasteiger partial charge in [0, 0.05) is 43.4 Å². The van der Waals surface area contributed by atoms with Gasteiger partial charge >= 0.3 is 0 Å². The normalized spacial score (nSPS) is 17.6. The van der Waals surface area contributed by atoms with Crippen LogP contribution in [0.3, 0.4) is 0 Å². The van der Waals surface area contributed by atoms with E-state index in [1.54, 1.807) is 12.1 Å². The molecule has 1 unspecified atom stereocenters. The topological polar surface area (TPSA) is 87.9 Å². The van der Waals surface area contributed by atoms with Gasteiger partial charge in [-0.3, -0.25) is 15.0 Å². The Hall–Kier alpha value is -2.48. The van der Waals surface area contributed by atoms with E-state index < -0.39 is 0 Å². The molecule has 0 bridgehead atoms. The Kier molecular flexibility index (Phi) is 6.75. The molecular weight excluding hydrogens is 346 g/mol. The molecule has 3 rings (SSSR count). The van der Waals surface area contributed by atoms with Gasteiger partial charge in [0.05, 0.1) is 24.2 Å². The summed E-state index contributed by atoms with van der Waals surface area (Å²) < 4.78 is 5.81. The molecule has 27 heavy (non-hydrogen) atoms. The van der Waals surface area contributed by atoms with E-state index in [2.05, 4.69) is 10.2 Å². The molecule has 2 aromatic rings. The van der Waals surface area contributed by atoms with Crippen LogP contribution in [0.2, 0.25) is 0 Å². The summed E-state index contributed by atoms with van der Waals surface area (Å²) in [6, 6.07) is 14.4. The van der Waals surface area contributed by atoms with Crippen LogP contribution in [0.5, 0.6) is 5.75 Å². The number of nitrogens with zero attached hydrogens (tertiary/aromatic N) is 2. The summed E-state index contributed by atoms with van der Waals surface area (Å²) in [5.41, 5.74) is 1.70. The molecule has 0 aliphatic carbocycles. The maximum absolute atomic E-state index is 11.4. The first-order valence-corrected chi connectivity index (χ1v) is 9.20. The quantitative estimate of drug-likeness (QED) is 0.421. The summed E-state index contributed by atoms with van der Waals surface area (Å²) in [6.07, 6.45) is 0.802. The highest BCUT2D eigenvalue weighted by atomic mass is 16.6. The fraction of sp³-hybridized carbons (Fsp3) is 0.400. The number of para-hydroxylation sites is 2. The van der Waals surface area contributed by atoms with Gasteiger partial charge in [-0.25, -0.2) is 0 Å². The number of nitro benzene ring substituents is 1. The number of aliphatic hydroxyl groups is 1. The Labute approximate surface area is 158 Å². The van der Waals surface area contributed by atoms with Crippen LogP contribution in [0, 0.1) is 10.1 Å². The van der Waals surface area contributed by atoms with Gasteiger partial charge in [0.15, 0.2) is 0 Å². The number of rotatable bonds is 8. The van der Waals surface area contributed by atoms with Gasteiger partial charge < -0.3 is 15.2 Å². The average molecular weight is 371 g/mol. The van der Waals surface area contributed by atoms with Crippen LogP contribution in [0.25, 0.3) is 0 Å². The highest BCUT2D eigenvalue weighted by molar-refractivity contribution is 5.42. The first-order valence-electron chi connectivity index (χ1n) is 9.20. The minimum Gasteiger partial charge on any atom is -0.493 e. The van der Waals surface area contributed by atoms with Crippen LogP contribution >= 0.6 is 0 Å². The van der Waals surface area contributed by atoms with Gasteiger partial charge in [-0.15, -0.1) is 0 Å². The first-order chi connectivity index (χ1) is 13.2. The summed E-state index contributed by atoms with van der Waals surface area (Å²) in [6.45, 7) is 3.67. The fourth-order valence-electron chi connectivity index (χ4n) is 3.48. The molecule has 1 aliphatic rings. The largest absolute Gasteiger partial charge is 0.493 e. The Morgan fingerprint density at radius 2 is 2.00 bits per heavy atom. The summed E-state index contributed by atoms with van der Waals surface area (Å²) in [5, 5.41) is 24.1. The van der Waals surface area contributed by atoms with Gasteiger partial charge in [-0.05, 0) is 12.5 Å². The Morgan fingerprint density at radius 3 is 2.81 bits per heavy atom. The molecule has 2 aromatic carbocycles. The van der Waals surface area contributed by atoms with Crippen molar-refractivity contribution in [2.75, 3.05) is 32.8 Å². The molecule has 0 saturated carbocycles. The van der Waals surface area contributed by atoms with E-state index in [9.17, 15) is 15.2 Å². The lowest BCUT2D eigenvalue weighted by Gasteiger charge is -2.36. The molecule has 1 aliphatic heterocycles. The lowest BCUT2D eigenvalue weighted by molar-refractivity contribution is -0.386. The number of nitro groups is 1. The smallest absolute Gasteiger partial charge is 0.274 e. The third-order valence-corrected chi connectivity index (χ3v) is 4.84. The fourth-order valence-corrected chi connectivity index (χ4v) is 3.48. The van der Waals surface area contributed by atoms with Crippen LogP contribution < -0.4 is 10.1 Å². The van der Waals surface area contributed by atoms with Gasteiger partial charge in [0.25, 0.3) is 5.69 Å². The number of ether oxygens (including phenoxy) is 1. The van der Waals surface area contributed by atoms with Gasteiger partial charge in [-0.2, -0.15) is 0 Å². The van der Waals surface area contributed by atoms with E-state index in [1.807, 2.05) is 36.4 Å². The molecule has 1 fully saturated rings. The zero-order valence-corrected chi connectivity index (χ0v) is 15.2. The van der Waals surface area contributed by atoms with Crippen molar-refractivity contribution < 1.29 is 14.8 Å². The van der Waals surface area contributed by atoms with Gasteiger partial charge in [-0.1, -0.05) is 36.4 Å². The summed E-state index contributed by atoms with van der Waals surface area (Å²) in [5.74, 6) is 0.704. The van der Waals surface area contributed by atoms with Crippen molar-refractivity contribution in [3.8, 4) is 5.75 Å². The van der Waals surface area contributed by atoms with Crippen molar-refractivity contribution >= 4 is 5.69 Å². The Morgan fingerprint density at radius 1 is 1.22 bits per heavy atom. The minimum atomic E-state index is -0.308. The van der Waals surface area contributed by atoms with Gasteiger partial charge in [0.1, 0.15) is 5.75 Å². The van der Waals surface area contributed by atoms with E-state index >= 15 is 0 Å². The number of aliphatic hydroxyl groups excluding tert-OH is 1. The maximum Gasteiger partial charge on any atom is 0.274 e. The number of nitrogens with one attached hydrogen (secondary N) is 1. The second kappa shape index (κ2) is 9.45. The van der Waals surface area contributed by atoms with Crippen LogP contribution in [0.4, 0.5) is 5.69 Å². The standard InChI is InChI=1S/C20H25N3O4/c24-15-16-6-1-4-9-20(16)27-13-5-11-22-12-10-21-14-19(22)17-7-2-3-8-18(17)23(25)26/h1-4,6-9,19,21,24H,5,10-15H2. The predicted molar refractivity (Wildman–Crippen MR) is 103 cm³/mol. The van der Waals surface area contributed by atoms with Crippen LogP contribution in [-0.2, 0) is 6.61 Å². The third kappa shape index (κ3) is 4.82. The summed E-state index contributed by atoms with van der Waals surface area (Å²) in [7, 11) is 0. The molecule has 2 N–H and O–H groups in total. The van der Waals surface area contributed by atoms with Crippen LogP contribution in [-0.4, -0.2) is 47.7 Å². The molecule has 0 amide bonds. The second-order valence-electron chi connectivity index (χ2n) is 6.54. The molecule has 1 saturated heterocycles.